The zero-order chi connectivity index (χ0) is 11.7. The lowest BCUT2D eigenvalue weighted by molar-refractivity contribution is 0.210. The Bertz CT molecular complexity index is 548. The van der Waals surface area contributed by atoms with Gasteiger partial charge >= 0.3 is 6.09 Å². The molecule has 1 aromatic carbocycles. The average Bonchev–Trinajstić information content (AvgIpc) is 2.56. The fourth-order valence-electron chi connectivity index (χ4n) is 1.78. The SMILES string of the molecule is CCn1cc(Cl)c2c(NC(=O)O)cccc21. The molecule has 1 aromatic heterocycles. The van der Waals surface area contributed by atoms with Crippen LogP contribution in [0.5, 0.6) is 0 Å². The monoisotopic (exact) mass is 238 g/mol. The van der Waals surface area contributed by atoms with Crippen molar-refractivity contribution in [1.82, 2.24) is 4.57 Å². The van der Waals surface area contributed by atoms with Gasteiger partial charge in [-0.1, -0.05) is 17.7 Å². The van der Waals surface area contributed by atoms with Crippen molar-refractivity contribution in [1.29, 1.82) is 0 Å². The molecule has 0 aliphatic heterocycles. The van der Waals surface area contributed by atoms with Gasteiger partial charge in [0, 0.05) is 18.1 Å². The molecule has 5 heteroatoms. The summed E-state index contributed by atoms with van der Waals surface area (Å²) in [6, 6.07) is 5.41. The Labute approximate surface area is 97.4 Å². The van der Waals surface area contributed by atoms with Crippen LogP contribution in [0.1, 0.15) is 6.92 Å². The molecule has 2 rings (SSSR count). The maximum atomic E-state index is 10.6. The quantitative estimate of drug-likeness (QED) is 0.843. The van der Waals surface area contributed by atoms with Crippen LogP contribution in [0, 0.1) is 0 Å². The van der Waals surface area contributed by atoms with Gasteiger partial charge in [0.15, 0.2) is 0 Å². The molecule has 0 fully saturated rings. The van der Waals surface area contributed by atoms with Crippen molar-refractivity contribution in [3.63, 3.8) is 0 Å². The van der Waals surface area contributed by atoms with Crippen LogP contribution in [0.3, 0.4) is 0 Å². The summed E-state index contributed by atoms with van der Waals surface area (Å²) < 4.78 is 1.98. The molecule has 0 bridgehead atoms. The molecular formula is C11H11ClN2O2. The highest BCUT2D eigenvalue weighted by Crippen LogP contribution is 2.32. The molecule has 1 heterocycles. The van der Waals surface area contributed by atoms with E-state index in [9.17, 15) is 4.79 Å². The minimum Gasteiger partial charge on any atom is -0.465 e. The van der Waals surface area contributed by atoms with Gasteiger partial charge in [0.05, 0.1) is 16.2 Å². The van der Waals surface area contributed by atoms with Gasteiger partial charge < -0.3 is 9.67 Å². The number of halogens is 1. The summed E-state index contributed by atoms with van der Waals surface area (Å²) in [7, 11) is 0. The van der Waals surface area contributed by atoms with Crippen LogP contribution in [0.4, 0.5) is 10.5 Å². The van der Waals surface area contributed by atoms with Gasteiger partial charge in [-0.15, -0.1) is 0 Å². The lowest BCUT2D eigenvalue weighted by Crippen LogP contribution is -2.07. The Morgan fingerprint density at radius 3 is 2.94 bits per heavy atom. The molecular weight excluding hydrogens is 228 g/mol. The number of hydrogen-bond acceptors (Lipinski definition) is 1. The highest BCUT2D eigenvalue weighted by Gasteiger charge is 2.11. The van der Waals surface area contributed by atoms with Crippen molar-refractivity contribution in [2.45, 2.75) is 13.5 Å². The molecule has 16 heavy (non-hydrogen) atoms. The Morgan fingerprint density at radius 2 is 2.31 bits per heavy atom. The van der Waals surface area contributed by atoms with Crippen LogP contribution in [0.15, 0.2) is 24.4 Å². The maximum absolute atomic E-state index is 10.6. The number of aromatic nitrogens is 1. The zero-order valence-electron chi connectivity index (χ0n) is 8.70. The van der Waals surface area contributed by atoms with E-state index in [2.05, 4.69) is 5.32 Å². The second kappa shape index (κ2) is 4.06. The number of amides is 1. The second-order valence-corrected chi connectivity index (χ2v) is 3.80. The predicted octanol–water partition coefficient (Wildman–Crippen LogP) is 3.40. The van der Waals surface area contributed by atoms with Gasteiger partial charge in [-0.3, -0.25) is 5.32 Å². The number of nitrogens with zero attached hydrogens (tertiary/aromatic N) is 1. The Hall–Kier alpha value is -1.68. The van der Waals surface area contributed by atoms with E-state index in [1.807, 2.05) is 17.6 Å². The topological polar surface area (TPSA) is 54.3 Å². The molecule has 0 aliphatic carbocycles. The summed E-state index contributed by atoms with van der Waals surface area (Å²) in [4.78, 5) is 10.6. The summed E-state index contributed by atoms with van der Waals surface area (Å²) >= 11 is 6.09. The number of anilines is 1. The second-order valence-electron chi connectivity index (χ2n) is 3.39. The van der Waals surface area contributed by atoms with Crippen molar-refractivity contribution in [2.75, 3.05) is 5.32 Å². The van der Waals surface area contributed by atoms with Gasteiger partial charge in [-0.25, -0.2) is 4.79 Å². The molecule has 0 unspecified atom stereocenters. The molecule has 2 aromatic rings. The van der Waals surface area contributed by atoms with Crippen LogP contribution in [0.2, 0.25) is 5.02 Å². The minimum atomic E-state index is -1.09. The summed E-state index contributed by atoms with van der Waals surface area (Å²) in [5, 5.41) is 12.4. The van der Waals surface area contributed by atoms with E-state index in [1.165, 1.54) is 0 Å². The van der Waals surface area contributed by atoms with E-state index in [1.54, 1.807) is 18.3 Å². The molecule has 0 saturated heterocycles. The van der Waals surface area contributed by atoms with Crippen molar-refractivity contribution in [3.8, 4) is 0 Å². The number of rotatable bonds is 2. The Morgan fingerprint density at radius 1 is 1.56 bits per heavy atom. The smallest absolute Gasteiger partial charge is 0.409 e. The number of carboxylic acid groups (broad SMARTS) is 1. The van der Waals surface area contributed by atoms with Gasteiger partial charge in [0.1, 0.15) is 0 Å². The average molecular weight is 239 g/mol. The molecule has 0 aliphatic rings. The third-order valence-corrected chi connectivity index (χ3v) is 2.73. The standard InChI is InChI=1S/C11H11ClN2O2/c1-2-14-6-7(12)10-8(13-11(15)16)4-3-5-9(10)14/h3-6,13H,2H2,1H3,(H,15,16). The van der Waals surface area contributed by atoms with Crippen molar-refractivity contribution >= 4 is 34.3 Å². The van der Waals surface area contributed by atoms with Crippen molar-refractivity contribution in [2.24, 2.45) is 0 Å². The molecule has 4 nitrogen and oxygen atoms in total. The number of benzene rings is 1. The normalized spacial score (nSPS) is 10.6. The lowest BCUT2D eigenvalue weighted by Gasteiger charge is -2.04. The van der Waals surface area contributed by atoms with Gasteiger partial charge in [0.2, 0.25) is 0 Å². The molecule has 0 radical (unpaired) electrons. The largest absolute Gasteiger partial charge is 0.465 e. The summed E-state index contributed by atoms with van der Waals surface area (Å²) in [5.74, 6) is 0. The fraction of sp³-hybridized carbons (Fsp3) is 0.182. The number of aryl methyl sites for hydroxylation is 1. The van der Waals surface area contributed by atoms with Crippen LogP contribution in [0.25, 0.3) is 10.9 Å². The third kappa shape index (κ3) is 1.72. The van der Waals surface area contributed by atoms with Crippen LogP contribution in [-0.2, 0) is 6.54 Å². The van der Waals surface area contributed by atoms with Crippen LogP contribution >= 0.6 is 11.6 Å². The van der Waals surface area contributed by atoms with Crippen LogP contribution in [-0.4, -0.2) is 15.8 Å². The number of hydrogen-bond donors (Lipinski definition) is 2. The Balaban J connectivity index is 2.67. The minimum absolute atomic E-state index is 0.516. The number of nitrogens with one attached hydrogen (secondary N) is 1. The molecule has 2 N–H and O–H groups in total. The Kier molecular flexibility index (Phi) is 2.75. The molecule has 0 spiro atoms. The van der Waals surface area contributed by atoms with E-state index in [0.29, 0.717) is 10.7 Å². The first kappa shape index (κ1) is 10.8. The highest BCUT2D eigenvalue weighted by molar-refractivity contribution is 6.37. The summed E-state index contributed by atoms with van der Waals surface area (Å²) in [6.45, 7) is 2.80. The first-order chi connectivity index (χ1) is 7.63. The van der Waals surface area contributed by atoms with E-state index in [-0.39, 0.29) is 0 Å². The van der Waals surface area contributed by atoms with E-state index < -0.39 is 6.09 Å². The predicted molar refractivity (Wildman–Crippen MR) is 64.3 cm³/mol. The molecule has 1 amide bonds. The first-order valence-corrected chi connectivity index (χ1v) is 5.28. The third-order valence-electron chi connectivity index (χ3n) is 2.44. The van der Waals surface area contributed by atoms with Gasteiger partial charge in [-0.2, -0.15) is 0 Å². The first-order valence-electron chi connectivity index (χ1n) is 4.90. The van der Waals surface area contributed by atoms with Crippen LogP contribution < -0.4 is 5.32 Å². The van der Waals surface area contributed by atoms with Crippen molar-refractivity contribution in [3.05, 3.63) is 29.4 Å². The van der Waals surface area contributed by atoms with E-state index >= 15 is 0 Å². The van der Waals surface area contributed by atoms with Gasteiger partial charge in [0.25, 0.3) is 0 Å². The summed E-state index contributed by atoms with van der Waals surface area (Å²) in [6.07, 6.45) is 0.715. The van der Waals surface area contributed by atoms with E-state index in [0.717, 1.165) is 17.4 Å². The lowest BCUT2D eigenvalue weighted by atomic mass is 10.2. The number of carbonyl (C=O) groups is 1. The molecule has 0 saturated carbocycles. The molecule has 84 valence electrons. The van der Waals surface area contributed by atoms with Crippen molar-refractivity contribution < 1.29 is 9.90 Å². The molecule has 0 atom stereocenters. The zero-order valence-corrected chi connectivity index (χ0v) is 9.45. The number of fused-ring (bicyclic) bond motifs is 1. The van der Waals surface area contributed by atoms with E-state index in [4.69, 9.17) is 16.7 Å². The summed E-state index contributed by atoms with van der Waals surface area (Å²) in [5.41, 5.74) is 1.45. The highest BCUT2D eigenvalue weighted by atomic mass is 35.5. The fourth-order valence-corrected chi connectivity index (χ4v) is 2.10. The van der Waals surface area contributed by atoms with Gasteiger partial charge in [-0.05, 0) is 19.1 Å². The maximum Gasteiger partial charge on any atom is 0.409 e.